The molecular formula is C17H27N3O3S. The molecule has 0 unspecified atom stereocenters. The summed E-state index contributed by atoms with van der Waals surface area (Å²) in [7, 11) is 1.33. The molecule has 7 heteroatoms. The van der Waals surface area contributed by atoms with Crippen molar-refractivity contribution >= 4 is 29.2 Å². The van der Waals surface area contributed by atoms with E-state index in [1.165, 1.54) is 38.4 Å². The SMILES string of the molecule is COC(=O)CCC(=O)N1CCCN1C(=S)NCCC1=CCCCC1. The first kappa shape index (κ1) is 18.7. The van der Waals surface area contributed by atoms with Crippen molar-refractivity contribution in [3.8, 4) is 0 Å². The van der Waals surface area contributed by atoms with Crippen molar-refractivity contribution in [1.82, 2.24) is 15.3 Å². The van der Waals surface area contributed by atoms with Crippen LogP contribution in [0.25, 0.3) is 0 Å². The van der Waals surface area contributed by atoms with E-state index in [-0.39, 0.29) is 24.7 Å². The highest BCUT2D eigenvalue weighted by Gasteiger charge is 2.28. The minimum absolute atomic E-state index is 0.0861. The zero-order chi connectivity index (χ0) is 17.4. The Balaban J connectivity index is 1.76. The van der Waals surface area contributed by atoms with Crippen molar-refractivity contribution in [2.75, 3.05) is 26.7 Å². The molecule has 1 fully saturated rings. The standard InChI is InChI=1S/C17H27N3O3S/c1-23-16(22)9-8-15(21)19-12-5-13-20(19)17(24)18-11-10-14-6-3-2-4-7-14/h6H,2-5,7-13H2,1H3,(H,18,24). The Labute approximate surface area is 149 Å². The normalized spacial score (nSPS) is 17.5. The lowest BCUT2D eigenvalue weighted by Crippen LogP contribution is -2.49. The molecule has 0 bridgehead atoms. The van der Waals surface area contributed by atoms with Crippen molar-refractivity contribution in [3.05, 3.63) is 11.6 Å². The molecule has 1 aliphatic heterocycles. The van der Waals surface area contributed by atoms with Gasteiger partial charge in [0.25, 0.3) is 0 Å². The predicted molar refractivity (Wildman–Crippen MR) is 96.1 cm³/mol. The van der Waals surface area contributed by atoms with Crippen molar-refractivity contribution in [2.24, 2.45) is 0 Å². The number of nitrogens with one attached hydrogen (secondary N) is 1. The summed E-state index contributed by atoms with van der Waals surface area (Å²) in [5.74, 6) is -0.451. The number of hydrogen-bond acceptors (Lipinski definition) is 4. The van der Waals surface area contributed by atoms with Gasteiger partial charge >= 0.3 is 5.97 Å². The van der Waals surface area contributed by atoms with Gasteiger partial charge in [0.05, 0.1) is 13.5 Å². The number of rotatable bonds is 6. The van der Waals surface area contributed by atoms with Crippen molar-refractivity contribution in [3.63, 3.8) is 0 Å². The van der Waals surface area contributed by atoms with Crippen molar-refractivity contribution in [2.45, 2.75) is 51.4 Å². The minimum atomic E-state index is -0.365. The summed E-state index contributed by atoms with van der Waals surface area (Å²) in [6.07, 6.45) is 9.45. The summed E-state index contributed by atoms with van der Waals surface area (Å²) in [5, 5.41) is 7.33. The molecule has 24 heavy (non-hydrogen) atoms. The molecule has 0 radical (unpaired) electrons. The zero-order valence-electron chi connectivity index (χ0n) is 14.4. The summed E-state index contributed by atoms with van der Waals surface area (Å²) < 4.78 is 4.58. The first-order valence-corrected chi connectivity index (χ1v) is 9.13. The number of ether oxygens (including phenoxy) is 1. The molecule has 0 spiro atoms. The van der Waals surface area contributed by atoms with Gasteiger partial charge in [-0.25, -0.2) is 0 Å². The monoisotopic (exact) mass is 353 g/mol. The van der Waals surface area contributed by atoms with E-state index in [0.29, 0.717) is 11.7 Å². The molecule has 0 aromatic rings. The molecule has 2 rings (SSSR count). The molecule has 0 saturated carbocycles. The van der Waals surface area contributed by atoms with E-state index in [1.54, 1.807) is 5.01 Å². The van der Waals surface area contributed by atoms with Crippen LogP contribution in [-0.4, -0.2) is 53.8 Å². The maximum absolute atomic E-state index is 12.3. The number of hydrogen-bond donors (Lipinski definition) is 1. The molecule has 0 aromatic carbocycles. The minimum Gasteiger partial charge on any atom is -0.469 e. The first-order valence-electron chi connectivity index (χ1n) is 8.72. The van der Waals surface area contributed by atoms with Crippen LogP contribution < -0.4 is 5.32 Å². The van der Waals surface area contributed by atoms with E-state index in [2.05, 4.69) is 16.1 Å². The van der Waals surface area contributed by atoms with Gasteiger partial charge in [-0.3, -0.25) is 19.6 Å². The van der Waals surface area contributed by atoms with E-state index < -0.39 is 0 Å². The Morgan fingerprint density at radius 2 is 2.00 bits per heavy atom. The number of thiocarbonyl (C=S) groups is 1. The van der Waals surface area contributed by atoms with Gasteiger partial charge in [0, 0.05) is 26.1 Å². The van der Waals surface area contributed by atoms with Gasteiger partial charge in [-0.05, 0) is 50.7 Å². The smallest absolute Gasteiger partial charge is 0.306 e. The maximum atomic E-state index is 12.3. The Kier molecular flexibility index (Phi) is 7.49. The molecule has 134 valence electrons. The van der Waals surface area contributed by atoms with Crippen LogP contribution in [0, 0.1) is 0 Å². The summed E-state index contributed by atoms with van der Waals surface area (Å²) >= 11 is 5.45. The van der Waals surface area contributed by atoms with Crippen LogP contribution >= 0.6 is 12.2 Å². The Hall–Kier alpha value is -1.63. The van der Waals surface area contributed by atoms with Gasteiger partial charge in [-0.1, -0.05) is 11.6 Å². The highest BCUT2D eigenvalue weighted by atomic mass is 32.1. The molecule has 1 aliphatic carbocycles. The van der Waals surface area contributed by atoms with E-state index in [4.69, 9.17) is 12.2 Å². The molecule has 0 atom stereocenters. The van der Waals surface area contributed by atoms with Crippen LogP contribution in [0.15, 0.2) is 11.6 Å². The fourth-order valence-electron chi connectivity index (χ4n) is 3.08. The molecule has 0 aromatic heterocycles. The number of esters is 1. The summed E-state index contributed by atoms with van der Waals surface area (Å²) in [6, 6.07) is 0. The van der Waals surface area contributed by atoms with Gasteiger partial charge < -0.3 is 10.1 Å². The molecule has 1 N–H and O–H groups in total. The number of methoxy groups -OCH3 is 1. The Morgan fingerprint density at radius 1 is 1.21 bits per heavy atom. The zero-order valence-corrected chi connectivity index (χ0v) is 15.2. The fraction of sp³-hybridized carbons (Fsp3) is 0.706. The summed E-state index contributed by atoms with van der Waals surface area (Å²) in [5.41, 5.74) is 1.50. The largest absolute Gasteiger partial charge is 0.469 e. The first-order chi connectivity index (χ1) is 11.6. The van der Waals surface area contributed by atoms with E-state index in [1.807, 2.05) is 5.01 Å². The third-order valence-electron chi connectivity index (χ3n) is 4.43. The molecule has 1 amide bonds. The fourth-order valence-corrected chi connectivity index (χ4v) is 3.37. The van der Waals surface area contributed by atoms with E-state index >= 15 is 0 Å². The Bertz CT molecular complexity index is 507. The lowest BCUT2D eigenvalue weighted by atomic mass is 9.97. The van der Waals surface area contributed by atoms with Gasteiger partial charge in [0.1, 0.15) is 0 Å². The Morgan fingerprint density at radius 3 is 2.71 bits per heavy atom. The number of hydrazine groups is 1. The molecule has 6 nitrogen and oxygen atoms in total. The molecule has 2 aliphatic rings. The van der Waals surface area contributed by atoms with Crippen LogP contribution in [0.4, 0.5) is 0 Å². The van der Waals surface area contributed by atoms with Gasteiger partial charge in [-0.2, -0.15) is 0 Å². The van der Waals surface area contributed by atoms with Gasteiger partial charge in [0.2, 0.25) is 5.91 Å². The second-order valence-electron chi connectivity index (χ2n) is 6.16. The topological polar surface area (TPSA) is 61.9 Å². The lowest BCUT2D eigenvalue weighted by molar-refractivity contribution is -0.146. The summed E-state index contributed by atoms with van der Waals surface area (Å²) in [4.78, 5) is 23.5. The summed E-state index contributed by atoms with van der Waals surface area (Å²) in [6.45, 7) is 2.18. The molecule has 1 heterocycles. The number of allylic oxidation sites excluding steroid dienone is 1. The van der Waals surface area contributed by atoms with E-state index in [9.17, 15) is 9.59 Å². The molecule has 1 saturated heterocycles. The van der Waals surface area contributed by atoms with Crippen LogP contribution in [0.5, 0.6) is 0 Å². The highest BCUT2D eigenvalue weighted by molar-refractivity contribution is 7.80. The number of carbonyl (C=O) groups is 2. The third-order valence-corrected chi connectivity index (χ3v) is 4.79. The maximum Gasteiger partial charge on any atom is 0.306 e. The third kappa shape index (κ3) is 5.47. The van der Waals surface area contributed by atoms with E-state index in [0.717, 1.165) is 25.9 Å². The highest BCUT2D eigenvalue weighted by Crippen LogP contribution is 2.19. The lowest BCUT2D eigenvalue weighted by Gasteiger charge is -2.30. The average molecular weight is 353 g/mol. The average Bonchev–Trinajstić information content (AvgIpc) is 3.10. The van der Waals surface area contributed by atoms with Crippen LogP contribution in [0.3, 0.4) is 0 Å². The molecular weight excluding hydrogens is 326 g/mol. The quantitative estimate of drug-likeness (QED) is 0.448. The van der Waals surface area contributed by atoms with Crippen LogP contribution in [0.1, 0.15) is 51.4 Å². The second kappa shape index (κ2) is 9.61. The van der Waals surface area contributed by atoms with Gasteiger partial charge in [0.15, 0.2) is 5.11 Å². The number of nitrogens with zero attached hydrogens (tertiary/aromatic N) is 2. The van der Waals surface area contributed by atoms with Crippen molar-refractivity contribution in [1.29, 1.82) is 0 Å². The van der Waals surface area contributed by atoms with Gasteiger partial charge in [-0.15, -0.1) is 0 Å². The second-order valence-corrected chi connectivity index (χ2v) is 6.55. The predicted octanol–water partition coefficient (Wildman–Crippen LogP) is 2.15. The van der Waals surface area contributed by atoms with Crippen LogP contribution in [0.2, 0.25) is 0 Å². The van der Waals surface area contributed by atoms with Crippen molar-refractivity contribution < 1.29 is 14.3 Å². The number of carbonyl (C=O) groups excluding carboxylic acids is 2. The van der Waals surface area contributed by atoms with Crippen LogP contribution in [-0.2, 0) is 14.3 Å². The number of amides is 1.